The fourth-order valence-electron chi connectivity index (χ4n) is 1.48. The Kier molecular flexibility index (Phi) is 5.73. The van der Waals surface area contributed by atoms with Crippen LogP contribution in [0.1, 0.15) is 5.76 Å². The summed E-state index contributed by atoms with van der Waals surface area (Å²) in [5.74, 6) is 1.82. The molecule has 1 aromatic carbocycles. The van der Waals surface area contributed by atoms with Gasteiger partial charge in [-0.25, -0.2) is 0 Å². The van der Waals surface area contributed by atoms with E-state index in [2.05, 4.69) is 37.2 Å². The molecule has 0 saturated carbocycles. The van der Waals surface area contributed by atoms with Crippen molar-refractivity contribution in [2.45, 2.75) is 6.54 Å². The van der Waals surface area contributed by atoms with Gasteiger partial charge < -0.3 is 9.73 Å². The SMILES string of the molecule is CNCc1ccc(-c2ccc(Br)cc2Br)o1.Cl. The minimum absolute atomic E-state index is 0. The van der Waals surface area contributed by atoms with Gasteiger partial charge in [0.05, 0.1) is 6.54 Å². The summed E-state index contributed by atoms with van der Waals surface area (Å²) in [5.41, 5.74) is 1.06. The molecule has 0 spiro atoms. The summed E-state index contributed by atoms with van der Waals surface area (Å²) in [5, 5.41) is 3.06. The zero-order valence-corrected chi connectivity index (χ0v) is 13.2. The minimum atomic E-state index is 0. The molecule has 0 radical (unpaired) electrons. The van der Waals surface area contributed by atoms with E-state index >= 15 is 0 Å². The summed E-state index contributed by atoms with van der Waals surface area (Å²) < 4.78 is 7.79. The molecule has 0 aliphatic heterocycles. The second-order valence-electron chi connectivity index (χ2n) is 3.42. The average Bonchev–Trinajstić information content (AvgIpc) is 2.67. The average molecular weight is 381 g/mol. The molecule has 2 nitrogen and oxygen atoms in total. The lowest BCUT2D eigenvalue weighted by Crippen LogP contribution is -2.03. The molecule has 0 amide bonds. The molecular weight excluding hydrogens is 369 g/mol. The van der Waals surface area contributed by atoms with E-state index < -0.39 is 0 Å². The predicted octanol–water partition coefficient (Wildman–Crippen LogP) is 4.61. The van der Waals surface area contributed by atoms with E-state index in [1.807, 2.05) is 37.4 Å². The Bertz CT molecular complexity index is 499. The molecule has 0 aliphatic rings. The van der Waals surface area contributed by atoms with Crippen LogP contribution in [0.4, 0.5) is 0 Å². The molecule has 1 N–H and O–H groups in total. The molecule has 0 aliphatic carbocycles. The Labute approximate surface area is 123 Å². The van der Waals surface area contributed by atoms with Crippen molar-refractivity contribution in [2.24, 2.45) is 0 Å². The lowest BCUT2D eigenvalue weighted by molar-refractivity contribution is 0.507. The number of halogens is 3. The van der Waals surface area contributed by atoms with Crippen LogP contribution in [0.25, 0.3) is 11.3 Å². The van der Waals surface area contributed by atoms with Crippen LogP contribution < -0.4 is 5.32 Å². The number of furan rings is 1. The van der Waals surface area contributed by atoms with Crippen LogP contribution in [0.15, 0.2) is 43.7 Å². The summed E-state index contributed by atoms with van der Waals surface area (Å²) in [7, 11) is 1.90. The van der Waals surface area contributed by atoms with E-state index in [0.29, 0.717) is 0 Å². The third-order valence-corrected chi connectivity index (χ3v) is 3.36. The van der Waals surface area contributed by atoms with E-state index in [9.17, 15) is 0 Å². The largest absolute Gasteiger partial charge is 0.460 e. The third kappa shape index (κ3) is 3.58. The van der Waals surface area contributed by atoms with Gasteiger partial charge in [-0.05, 0) is 53.3 Å². The first-order valence-electron chi connectivity index (χ1n) is 4.89. The maximum atomic E-state index is 5.72. The molecule has 0 fully saturated rings. The van der Waals surface area contributed by atoms with Gasteiger partial charge in [0.25, 0.3) is 0 Å². The summed E-state index contributed by atoms with van der Waals surface area (Å²) in [6, 6.07) is 10.0. The Balaban J connectivity index is 0.00000144. The van der Waals surface area contributed by atoms with Gasteiger partial charge in [0, 0.05) is 14.5 Å². The van der Waals surface area contributed by atoms with Gasteiger partial charge in [-0.1, -0.05) is 15.9 Å². The maximum absolute atomic E-state index is 5.72. The van der Waals surface area contributed by atoms with E-state index in [1.54, 1.807) is 0 Å². The van der Waals surface area contributed by atoms with Gasteiger partial charge in [0.2, 0.25) is 0 Å². The van der Waals surface area contributed by atoms with Crippen molar-refractivity contribution in [3.05, 3.63) is 45.0 Å². The lowest BCUT2D eigenvalue weighted by atomic mass is 10.2. The highest BCUT2D eigenvalue weighted by molar-refractivity contribution is 9.11. The van der Waals surface area contributed by atoms with E-state index in [0.717, 1.165) is 32.6 Å². The van der Waals surface area contributed by atoms with Gasteiger partial charge in [0.1, 0.15) is 11.5 Å². The molecule has 0 unspecified atom stereocenters. The first-order chi connectivity index (χ1) is 7.70. The first-order valence-corrected chi connectivity index (χ1v) is 6.48. The van der Waals surface area contributed by atoms with Crippen LogP contribution in [0, 0.1) is 0 Å². The number of rotatable bonds is 3. The molecule has 1 aromatic heterocycles. The van der Waals surface area contributed by atoms with Crippen LogP contribution in [-0.2, 0) is 6.54 Å². The molecule has 92 valence electrons. The van der Waals surface area contributed by atoms with Crippen molar-refractivity contribution in [1.29, 1.82) is 0 Å². The van der Waals surface area contributed by atoms with E-state index in [-0.39, 0.29) is 12.4 Å². The molecule has 2 rings (SSSR count). The van der Waals surface area contributed by atoms with Gasteiger partial charge in [-0.15, -0.1) is 12.4 Å². The zero-order valence-electron chi connectivity index (χ0n) is 9.17. The monoisotopic (exact) mass is 379 g/mol. The highest BCUT2D eigenvalue weighted by Crippen LogP contribution is 2.31. The minimum Gasteiger partial charge on any atom is -0.460 e. The smallest absolute Gasteiger partial charge is 0.135 e. The highest BCUT2D eigenvalue weighted by atomic mass is 79.9. The van der Waals surface area contributed by atoms with Crippen molar-refractivity contribution < 1.29 is 4.42 Å². The quantitative estimate of drug-likeness (QED) is 0.840. The number of nitrogens with one attached hydrogen (secondary N) is 1. The molecule has 17 heavy (non-hydrogen) atoms. The van der Waals surface area contributed by atoms with Gasteiger partial charge >= 0.3 is 0 Å². The molecule has 2 aromatic rings. The van der Waals surface area contributed by atoms with Gasteiger partial charge in [-0.3, -0.25) is 0 Å². The van der Waals surface area contributed by atoms with Crippen molar-refractivity contribution >= 4 is 44.3 Å². The topological polar surface area (TPSA) is 25.2 Å². The fourth-order valence-corrected chi connectivity index (χ4v) is 2.72. The molecule has 5 heteroatoms. The van der Waals surface area contributed by atoms with Crippen molar-refractivity contribution in [2.75, 3.05) is 7.05 Å². The Morgan fingerprint density at radius 2 is 1.94 bits per heavy atom. The number of hydrogen-bond donors (Lipinski definition) is 1. The van der Waals surface area contributed by atoms with Gasteiger partial charge in [-0.2, -0.15) is 0 Å². The van der Waals surface area contributed by atoms with Crippen molar-refractivity contribution in [3.8, 4) is 11.3 Å². The molecule has 0 atom stereocenters. The Hall–Kier alpha value is -0.290. The Morgan fingerprint density at radius 1 is 1.18 bits per heavy atom. The van der Waals surface area contributed by atoms with Crippen LogP contribution in [0.2, 0.25) is 0 Å². The number of hydrogen-bond acceptors (Lipinski definition) is 2. The van der Waals surface area contributed by atoms with Crippen LogP contribution >= 0.6 is 44.3 Å². The normalized spacial score (nSPS) is 10.1. The third-order valence-electron chi connectivity index (χ3n) is 2.21. The molecule has 1 heterocycles. The summed E-state index contributed by atoms with van der Waals surface area (Å²) in [6.45, 7) is 0.744. The predicted molar refractivity (Wildman–Crippen MR) is 79.6 cm³/mol. The van der Waals surface area contributed by atoms with E-state index in [4.69, 9.17) is 4.42 Å². The van der Waals surface area contributed by atoms with Crippen LogP contribution in [-0.4, -0.2) is 7.05 Å². The maximum Gasteiger partial charge on any atom is 0.135 e. The Morgan fingerprint density at radius 3 is 2.59 bits per heavy atom. The summed E-state index contributed by atoms with van der Waals surface area (Å²) >= 11 is 6.95. The zero-order chi connectivity index (χ0) is 11.5. The summed E-state index contributed by atoms with van der Waals surface area (Å²) in [6.07, 6.45) is 0. The molecule has 0 saturated heterocycles. The second-order valence-corrected chi connectivity index (χ2v) is 5.19. The first kappa shape index (κ1) is 14.8. The number of benzene rings is 1. The molecular formula is C12H12Br2ClNO. The summed E-state index contributed by atoms with van der Waals surface area (Å²) in [4.78, 5) is 0. The standard InChI is InChI=1S/C12H11Br2NO.ClH/c1-15-7-9-3-5-12(16-9)10-4-2-8(13)6-11(10)14;/h2-6,15H,7H2,1H3;1H. The van der Waals surface area contributed by atoms with Crippen LogP contribution in [0.5, 0.6) is 0 Å². The highest BCUT2D eigenvalue weighted by Gasteiger charge is 2.08. The van der Waals surface area contributed by atoms with Gasteiger partial charge in [0.15, 0.2) is 0 Å². The van der Waals surface area contributed by atoms with Crippen molar-refractivity contribution in [3.63, 3.8) is 0 Å². The van der Waals surface area contributed by atoms with Crippen LogP contribution in [0.3, 0.4) is 0 Å². The molecule has 0 bridgehead atoms. The van der Waals surface area contributed by atoms with E-state index in [1.165, 1.54) is 0 Å². The second kappa shape index (κ2) is 6.59. The lowest BCUT2D eigenvalue weighted by Gasteiger charge is -2.01. The van der Waals surface area contributed by atoms with Crippen molar-refractivity contribution in [1.82, 2.24) is 5.32 Å². The fraction of sp³-hybridized carbons (Fsp3) is 0.167.